The van der Waals surface area contributed by atoms with Crippen LogP contribution < -0.4 is 10.2 Å². The minimum Gasteiger partial charge on any atom is -0.480 e. The number of carboxylic acids is 1. The zero-order valence-electron chi connectivity index (χ0n) is 12.3. The number of aliphatic carboxylic acids is 1. The van der Waals surface area contributed by atoms with Crippen LogP contribution in [-0.2, 0) is 19.1 Å². The molecule has 23 heavy (non-hydrogen) atoms. The molecule has 2 aliphatic heterocycles. The predicted molar refractivity (Wildman–Crippen MR) is 83.2 cm³/mol. The highest BCUT2D eigenvalue weighted by Gasteiger charge is 2.57. The molecule has 0 aliphatic carbocycles. The van der Waals surface area contributed by atoms with Crippen LogP contribution in [0.5, 0.6) is 0 Å². The summed E-state index contributed by atoms with van der Waals surface area (Å²) in [5.41, 5.74) is 0.775. The first-order chi connectivity index (χ1) is 11.0. The molecule has 1 aromatic rings. The molecule has 1 unspecified atom stereocenters. The third kappa shape index (κ3) is 2.79. The Kier molecular flexibility index (Phi) is 4.27. The molecule has 2 N–H and O–H groups in total. The number of hydrogen-bond acceptors (Lipinski definition) is 5. The van der Waals surface area contributed by atoms with E-state index in [2.05, 4.69) is 5.32 Å². The lowest BCUT2D eigenvalue weighted by atomic mass is 10.2. The van der Waals surface area contributed by atoms with E-state index in [1.54, 1.807) is 4.90 Å². The minimum atomic E-state index is -1.05. The molecule has 0 spiro atoms. The number of amides is 2. The molecule has 0 saturated carbocycles. The molecule has 0 bridgehead atoms. The van der Waals surface area contributed by atoms with Crippen LogP contribution in [0.2, 0.25) is 0 Å². The summed E-state index contributed by atoms with van der Waals surface area (Å²) in [4.78, 5) is 36.8. The maximum Gasteiger partial charge on any atom is 0.329 e. The van der Waals surface area contributed by atoms with Gasteiger partial charge in [-0.3, -0.25) is 14.5 Å². The number of carboxylic acid groups (broad SMARTS) is 1. The van der Waals surface area contributed by atoms with Gasteiger partial charge in [-0.05, 0) is 18.6 Å². The Balaban J connectivity index is 1.68. The average Bonchev–Trinajstić information content (AvgIpc) is 3.03. The van der Waals surface area contributed by atoms with Crippen LogP contribution in [0.1, 0.15) is 12.8 Å². The summed E-state index contributed by atoms with van der Waals surface area (Å²) < 4.78 is 4.90. The number of nitrogens with one attached hydrogen (secondary N) is 1. The van der Waals surface area contributed by atoms with Crippen LogP contribution in [0.25, 0.3) is 0 Å². The van der Waals surface area contributed by atoms with Crippen molar-refractivity contribution in [3.05, 3.63) is 24.3 Å². The van der Waals surface area contributed by atoms with Crippen LogP contribution >= 0.6 is 11.8 Å². The summed E-state index contributed by atoms with van der Waals surface area (Å²) >= 11 is 1.39. The summed E-state index contributed by atoms with van der Waals surface area (Å²) in [6.45, 7) is -0.0850. The number of ether oxygens (including phenoxy) is 1. The van der Waals surface area contributed by atoms with Crippen molar-refractivity contribution in [1.29, 1.82) is 0 Å². The summed E-state index contributed by atoms with van der Waals surface area (Å²) in [5, 5.41) is 11.2. The minimum absolute atomic E-state index is 0.0558. The second-order valence-corrected chi connectivity index (χ2v) is 6.60. The van der Waals surface area contributed by atoms with Crippen LogP contribution in [-0.4, -0.2) is 47.5 Å². The Morgan fingerprint density at radius 1 is 1.39 bits per heavy atom. The second-order valence-electron chi connectivity index (χ2n) is 5.29. The first kappa shape index (κ1) is 15.8. The molecule has 8 heteroatoms. The van der Waals surface area contributed by atoms with Gasteiger partial charge in [0, 0.05) is 17.9 Å². The van der Waals surface area contributed by atoms with E-state index in [1.807, 2.05) is 24.3 Å². The van der Waals surface area contributed by atoms with Crippen LogP contribution in [0.3, 0.4) is 0 Å². The van der Waals surface area contributed by atoms with Gasteiger partial charge in [-0.15, -0.1) is 0 Å². The number of anilines is 1. The Morgan fingerprint density at radius 2 is 2.17 bits per heavy atom. The Hall–Kier alpha value is -2.06. The number of rotatable bonds is 6. The van der Waals surface area contributed by atoms with Gasteiger partial charge >= 0.3 is 5.97 Å². The lowest BCUT2D eigenvalue weighted by Gasteiger charge is -2.29. The van der Waals surface area contributed by atoms with Crippen molar-refractivity contribution in [2.45, 2.75) is 22.6 Å². The van der Waals surface area contributed by atoms with Crippen molar-refractivity contribution in [2.24, 2.45) is 0 Å². The largest absolute Gasteiger partial charge is 0.480 e. The van der Waals surface area contributed by atoms with Crippen molar-refractivity contribution < 1.29 is 24.2 Å². The molecule has 122 valence electrons. The van der Waals surface area contributed by atoms with E-state index < -0.39 is 17.4 Å². The highest BCUT2D eigenvalue weighted by Crippen LogP contribution is 2.55. The van der Waals surface area contributed by atoms with Crippen molar-refractivity contribution in [2.75, 3.05) is 24.7 Å². The first-order valence-electron chi connectivity index (χ1n) is 7.23. The SMILES string of the molecule is O=C(O)COCCNC(=O)C12CCC(=O)N1c1ccccc1S2. The number of thioether (sulfide) groups is 1. The Morgan fingerprint density at radius 3 is 2.96 bits per heavy atom. The van der Waals surface area contributed by atoms with Crippen molar-refractivity contribution in [3.63, 3.8) is 0 Å². The van der Waals surface area contributed by atoms with Gasteiger partial charge in [-0.2, -0.15) is 0 Å². The molecule has 2 heterocycles. The fraction of sp³-hybridized carbons (Fsp3) is 0.400. The fourth-order valence-electron chi connectivity index (χ4n) is 2.83. The molecule has 2 amide bonds. The van der Waals surface area contributed by atoms with Crippen LogP contribution in [0.15, 0.2) is 29.2 Å². The van der Waals surface area contributed by atoms with Crippen molar-refractivity contribution >= 4 is 35.2 Å². The number of benzene rings is 1. The molecule has 3 rings (SSSR count). The monoisotopic (exact) mass is 336 g/mol. The quantitative estimate of drug-likeness (QED) is 0.747. The molecule has 1 fully saturated rings. The number of para-hydroxylation sites is 1. The number of carbonyl (C=O) groups is 3. The molecule has 7 nitrogen and oxygen atoms in total. The molecule has 1 aromatic carbocycles. The normalized spacial score (nSPS) is 21.9. The van der Waals surface area contributed by atoms with Gasteiger partial charge in [0.25, 0.3) is 5.91 Å². The van der Waals surface area contributed by atoms with Gasteiger partial charge in [0.2, 0.25) is 5.91 Å². The zero-order valence-corrected chi connectivity index (χ0v) is 13.1. The second kappa shape index (κ2) is 6.21. The van der Waals surface area contributed by atoms with Gasteiger partial charge in [0.05, 0.1) is 12.3 Å². The lowest BCUT2D eigenvalue weighted by Crippen LogP contribution is -2.52. The van der Waals surface area contributed by atoms with E-state index >= 15 is 0 Å². The van der Waals surface area contributed by atoms with Crippen LogP contribution in [0.4, 0.5) is 5.69 Å². The van der Waals surface area contributed by atoms with E-state index in [0.717, 1.165) is 10.6 Å². The molecule has 1 atom stereocenters. The van der Waals surface area contributed by atoms with Gasteiger partial charge in [-0.25, -0.2) is 4.79 Å². The molecule has 2 aliphatic rings. The predicted octanol–water partition coefficient (Wildman–Crippen LogP) is 0.833. The fourth-order valence-corrected chi connectivity index (χ4v) is 4.27. The molecular formula is C15H16N2O5S. The smallest absolute Gasteiger partial charge is 0.329 e. The van der Waals surface area contributed by atoms with Crippen molar-refractivity contribution in [1.82, 2.24) is 5.32 Å². The highest BCUT2D eigenvalue weighted by atomic mass is 32.2. The van der Waals surface area contributed by atoms with E-state index in [-0.39, 0.29) is 25.0 Å². The maximum absolute atomic E-state index is 12.7. The van der Waals surface area contributed by atoms with Gasteiger partial charge < -0.3 is 15.2 Å². The molecule has 1 saturated heterocycles. The Labute approximate surface area is 137 Å². The molecule has 0 radical (unpaired) electrons. The number of carbonyl (C=O) groups excluding carboxylic acids is 2. The lowest BCUT2D eigenvalue weighted by molar-refractivity contribution is -0.142. The van der Waals surface area contributed by atoms with E-state index in [1.165, 1.54) is 11.8 Å². The summed E-state index contributed by atoms with van der Waals surface area (Å²) in [5.74, 6) is -1.35. The number of hydrogen-bond donors (Lipinski definition) is 2. The van der Waals surface area contributed by atoms with E-state index in [0.29, 0.717) is 12.8 Å². The maximum atomic E-state index is 12.7. The zero-order chi connectivity index (χ0) is 16.4. The first-order valence-corrected chi connectivity index (χ1v) is 8.05. The Bertz CT molecular complexity index is 665. The topological polar surface area (TPSA) is 95.9 Å². The molecular weight excluding hydrogens is 320 g/mol. The number of fused-ring (bicyclic) bond motifs is 3. The van der Waals surface area contributed by atoms with E-state index in [9.17, 15) is 14.4 Å². The molecule has 0 aromatic heterocycles. The third-order valence-corrected chi connectivity index (χ3v) is 5.26. The van der Waals surface area contributed by atoms with Gasteiger partial charge in [0.1, 0.15) is 6.61 Å². The van der Waals surface area contributed by atoms with Crippen molar-refractivity contribution in [3.8, 4) is 0 Å². The van der Waals surface area contributed by atoms with Gasteiger partial charge in [-0.1, -0.05) is 23.9 Å². The summed E-state index contributed by atoms with van der Waals surface area (Å²) in [6, 6.07) is 7.47. The highest BCUT2D eigenvalue weighted by molar-refractivity contribution is 8.02. The summed E-state index contributed by atoms with van der Waals surface area (Å²) in [7, 11) is 0. The summed E-state index contributed by atoms with van der Waals surface area (Å²) in [6.07, 6.45) is 0.789. The number of nitrogens with zero attached hydrogens (tertiary/aromatic N) is 1. The average molecular weight is 336 g/mol. The standard InChI is InChI=1S/C15H16N2O5S/c18-12-5-6-15(14(21)16-7-8-22-9-13(19)20)17(12)10-3-1-2-4-11(10)23-15/h1-4H,5-9H2,(H,16,21)(H,19,20). The van der Waals surface area contributed by atoms with Crippen LogP contribution in [0, 0.1) is 0 Å². The van der Waals surface area contributed by atoms with Gasteiger partial charge in [0.15, 0.2) is 4.87 Å². The van der Waals surface area contributed by atoms with E-state index in [4.69, 9.17) is 9.84 Å². The third-order valence-electron chi connectivity index (χ3n) is 3.79.